The largest absolute Gasteiger partial charge is 0.399 e. The summed E-state index contributed by atoms with van der Waals surface area (Å²) in [5.41, 5.74) is 6.19. The first-order chi connectivity index (χ1) is 7.00. The fourth-order valence-corrected chi connectivity index (χ4v) is 2.15. The van der Waals surface area contributed by atoms with Gasteiger partial charge in [-0.3, -0.25) is 4.79 Å². The van der Waals surface area contributed by atoms with Crippen molar-refractivity contribution >= 4 is 35.0 Å². The summed E-state index contributed by atoms with van der Waals surface area (Å²) in [6.45, 7) is 0. The maximum absolute atomic E-state index is 11.3. The predicted octanol–water partition coefficient (Wildman–Crippen LogP) is 2.10. The third kappa shape index (κ3) is 3.64. The first kappa shape index (κ1) is 12.2. The van der Waals surface area contributed by atoms with Crippen molar-refractivity contribution in [1.29, 1.82) is 0 Å². The highest BCUT2D eigenvalue weighted by molar-refractivity contribution is 8.00. The van der Waals surface area contributed by atoms with Gasteiger partial charge in [-0.05, 0) is 18.2 Å². The second-order valence-electron chi connectivity index (χ2n) is 3.27. The highest BCUT2D eigenvalue weighted by atomic mass is 35.5. The average molecular weight is 245 g/mol. The summed E-state index contributed by atoms with van der Waals surface area (Å²) in [5.74, 6) is 0.448. The average Bonchev–Trinajstić information content (AvgIpc) is 2.15. The van der Waals surface area contributed by atoms with Crippen LogP contribution in [0.2, 0.25) is 5.02 Å². The number of nitrogen functional groups attached to an aromatic ring is 1. The van der Waals surface area contributed by atoms with Crippen molar-refractivity contribution < 1.29 is 4.79 Å². The van der Waals surface area contributed by atoms with Crippen molar-refractivity contribution in [3.05, 3.63) is 23.2 Å². The summed E-state index contributed by atoms with van der Waals surface area (Å²) < 4.78 is 0. The Hall–Kier alpha value is -0.870. The van der Waals surface area contributed by atoms with Crippen LogP contribution in [0.25, 0.3) is 0 Å². The standard InChI is InChI=1S/C10H13ClN2OS/c1-13(2)10(14)6-15-9-4-3-7(12)5-8(9)11/h3-5H,6,12H2,1-2H3. The van der Waals surface area contributed by atoms with E-state index < -0.39 is 0 Å². The van der Waals surface area contributed by atoms with Crippen molar-refractivity contribution in [1.82, 2.24) is 4.90 Å². The van der Waals surface area contributed by atoms with E-state index in [9.17, 15) is 4.79 Å². The molecule has 0 atom stereocenters. The van der Waals surface area contributed by atoms with E-state index in [4.69, 9.17) is 17.3 Å². The third-order valence-electron chi connectivity index (χ3n) is 1.81. The van der Waals surface area contributed by atoms with Gasteiger partial charge in [-0.15, -0.1) is 11.8 Å². The lowest BCUT2D eigenvalue weighted by Crippen LogP contribution is -2.23. The lowest BCUT2D eigenvalue weighted by molar-refractivity contribution is -0.125. The van der Waals surface area contributed by atoms with Gasteiger partial charge in [0.2, 0.25) is 5.91 Å². The second kappa shape index (κ2) is 5.28. The molecule has 0 aliphatic heterocycles. The molecule has 0 aliphatic rings. The van der Waals surface area contributed by atoms with Crippen molar-refractivity contribution in [3.8, 4) is 0 Å². The molecule has 1 aromatic carbocycles. The number of anilines is 1. The van der Waals surface area contributed by atoms with Crippen molar-refractivity contribution in [3.63, 3.8) is 0 Å². The van der Waals surface area contributed by atoms with E-state index in [1.165, 1.54) is 11.8 Å². The Morgan fingerprint density at radius 1 is 1.53 bits per heavy atom. The molecule has 0 spiro atoms. The fraction of sp³-hybridized carbons (Fsp3) is 0.300. The molecule has 0 aliphatic carbocycles. The minimum atomic E-state index is 0.0629. The number of hydrogen-bond acceptors (Lipinski definition) is 3. The van der Waals surface area contributed by atoms with Crippen LogP contribution in [0.1, 0.15) is 0 Å². The number of thioether (sulfide) groups is 1. The summed E-state index contributed by atoms with van der Waals surface area (Å²) in [7, 11) is 3.46. The van der Waals surface area contributed by atoms with Gasteiger partial charge in [0.05, 0.1) is 10.8 Å². The number of hydrogen-bond donors (Lipinski definition) is 1. The monoisotopic (exact) mass is 244 g/mol. The van der Waals surface area contributed by atoms with Gasteiger partial charge < -0.3 is 10.6 Å². The van der Waals surface area contributed by atoms with Crippen LogP contribution in [-0.2, 0) is 4.79 Å². The highest BCUT2D eigenvalue weighted by Crippen LogP contribution is 2.28. The Morgan fingerprint density at radius 2 is 2.20 bits per heavy atom. The molecule has 2 N–H and O–H groups in total. The molecule has 0 radical (unpaired) electrons. The lowest BCUT2D eigenvalue weighted by atomic mass is 10.3. The van der Waals surface area contributed by atoms with E-state index in [-0.39, 0.29) is 5.91 Å². The minimum Gasteiger partial charge on any atom is -0.399 e. The zero-order valence-corrected chi connectivity index (χ0v) is 10.2. The molecule has 5 heteroatoms. The molecule has 0 bridgehead atoms. The molecule has 15 heavy (non-hydrogen) atoms. The molecule has 0 saturated carbocycles. The molecule has 0 aromatic heterocycles. The van der Waals surface area contributed by atoms with Crippen molar-refractivity contribution in [2.75, 3.05) is 25.6 Å². The van der Waals surface area contributed by atoms with Crippen LogP contribution in [0.5, 0.6) is 0 Å². The van der Waals surface area contributed by atoms with Crippen LogP contribution >= 0.6 is 23.4 Å². The predicted molar refractivity (Wildman–Crippen MR) is 65.3 cm³/mol. The van der Waals surface area contributed by atoms with E-state index >= 15 is 0 Å². The molecule has 0 heterocycles. The Labute approximate surface area is 98.6 Å². The van der Waals surface area contributed by atoms with Gasteiger partial charge in [-0.1, -0.05) is 11.6 Å². The fourth-order valence-electron chi connectivity index (χ4n) is 0.903. The topological polar surface area (TPSA) is 46.3 Å². The number of nitrogens with two attached hydrogens (primary N) is 1. The number of rotatable bonds is 3. The maximum Gasteiger partial charge on any atom is 0.232 e. The highest BCUT2D eigenvalue weighted by Gasteiger charge is 2.07. The maximum atomic E-state index is 11.3. The molecule has 1 amide bonds. The third-order valence-corrected chi connectivity index (χ3v) is 3.29. The number of benzene rings is 1. The molecule has 0 fully saturated rings. The summed E-state index contributed by atoms with van der Waals surface area (Å²) in [6, 6.07) is 5.28. The Morgan fingerprint density at radius 3 is 2.73 bits per heavy atom. The molecular weight excluding hydrogens is 232 g/mol. The van der Waals surface area contributed by atoms with Crippen LogP contribution < -0.4 is 5.73 Å². The number of carbonyl (C=O) groups is 1. The summed E-state index contributed by atoms with van der Waals surface area (Å²) >= 11 is 7.38. The van der Waals surface area contributed by atoms with Gasteiger partial charge in [-0.25, -0.2) is 0 Å². The molecule has 0 unspecified atom stereocenters. The van der Waals surface area contributed by atoms with Crippen LogP contribution in [0.3, 0.4) is 0 Å². The number of halogens is 1. The normalized spacial score (nSPS) is 10.1. The summed E-state index contributed by atoms with van der Waals surface area (Å²) in [5, 5.41) is 0.589. The molecule has 82 valence electrons. The van der Waals surface area contributed by atoms with Gasteiger partial charge in [-0.2, -0.15) is 0 Å². The van der Waals surface area contributed by atoms with E-state index in [0.717, 1.165) is 4.90 Å². The number of carbonyl (C=O) groups excluding carboxylic acids is 1. The Bertz CT molecular complexity index is 368. The summed E-state index contributed by atoms with van der Waals surface area (Å²) in [4.78, 5) is 13.8. The van der Waals surface area contributed by atoms with Crippen LogP contribution in [0, 0.1) is 0 Å². The Balaban J connectivity index is 2.62. The smallest absolute Gasteiger partial charge is 0.232 e. The summed E-state index contributed by atoms with van der Waals surface area (Å²) in [6.07, 6.45) is 0. The first-order valence-corrected chi connectivity index (χ1v) is 5.75. The molecular formula is C10H13ClN2OS. The van der Waals surface area contributed by atoms with E-state index in [0.29, 0.717) is 16.5 Å². The molecule has 1 rings (SSSR count). The van der Waals surface area contributed by atoms with Gasteiger partial charge >= 0.3 is 0 Å². The van der Waals surface area contributed by atoms with Crippen LogP contribution in [0.4, 0.5) is 5.69 Å². The second-order valence-corrected chi connectivity index (χ2v) is 4.69. The van der Waals surface area contributed by atoms with E-state index in [2.05, 4.69) is 0 Å². The Kier molecular flexibility index (Phi) is 4.29. The number of amides is 1. The van der Waals surface area contributed by atoms with Gasteiger partial charge in [0.15, 0.2) is 0 Å². The van der Waals surface area contributed by atoms with Gasteiger partial charge in [0.25, 0.3) is 0 Å². The van der Waals surface area contributed by atoms with E-state index in [1.54, 1.807) is 31.1 Å². The van der Waals surface area contributed by atoms with Gasteiger partial charge in [0.1, 0.15) is 0 Å². The molecule has 1 aromatic rings. The quantitative estimate of drug-likeness (QED) is 0.654. The SMILES string of the molecule is CN(C)C(=O)CSc1ccc(N)cc1Cl. The lowest BCUT2D eigenvalue weighted by Gasteiger charge is -2.10. The van der Waals surface area contributed by atoms with Crippen molar-refractivity contribution in [2.45, 2.75) is 4.90 Å². The van der Waals surface area contributed by atoms with Crippen LogP contribution in [-0.4, -0.2) is 30.7 Å². The zero-order valence-electron chi connectivity index (χ0n) is 8.66. The minimum absolute atomic E-state index is 0.0629. The van der Waals surface area contributed by atoms with Crippen LogP contribution in [0.15, 0.2) is 23.1 Å². The van der Waals surface area contributed by atoms with E-state index in [1.807, 2.05) is 6.07 Å². The molecule has 3 nitrogen and oxygen atoms in total. The molecule has 0 saturated heterocycles. The van der Waals surface area contributed by atoms with Crippen molar-refractivity contribution in [2.24, 2.45) is 0 Å². The first-order valence-electron chi connectivity index (χ1n) is 4.38. The van der Waals surface area contributed by atoms with Gasteiger partial charge in [0, 0.05) is 24.7 Å². The number of nitrogens with zero attached hydrogens (tertiary/aromatic N) is 1. The zero-order chi connectivity index (χ0) is 11.4.